The van der Waals surface area contributed by atoms with Crippen LogP contribution in [0.25, 0.3) is 0 Å². The van der Waals surface area contributed by atoms with Gasteiger partial charge in [0.2, 0.25) is 6.23 Å². The van der Waals surface area contributed by atoms with Crippen LogP contribution in [0.4, 0.5) is 5.69 Å². The van der Waals surface area contributed by atoms with Crippen LogP contribution in [-0.2, 0) is 0 Å². The number of hydrogen-bond donors (Lipinski definition) is 2. The van der Waals surface area contributed by atoms with Crippen LogP contribution in [0, 0.1) is 5.92 Å². The summed E-state index contributed by atoms with van der Waals surface area (Å²) in [5.74, 6) is 0.219. The largest absolute Gasteiger partial charge is 0.355 e. The Morgan fingerprint density at radius 3 is 2.69 bits per heavy atom. The van der Waals surface area contributed by atoms with Crippen LogP contribution < -0.4 is 5.32 Å². The number of nitrogens with zero attached hydrogens (tertiary/aromatic N) is 1. The Morgan fingerprint density at radius 1 is 1.38 bits per heavy atom. The van der Waals surface area contributed by atoms with E-state index in [0.717, 1.165) is 17.4 Å². The summed E-state index contributed by atoms with van der Waals surface area (Å²) in [4.78, 5) is 0. The Kier molecular flexibility index (Phi) is 3.51. The Balaban J connectivity index is 2.45. The average molecular weight is 237 g/mol. The molecule has 3 nitrogen and oxygen atoms in total. The number of rotatable bonds is 1. The van der Waals surface area contributed by atoms with Gasteiger partial charge in [0, 0.05) is 0 Å². The van der Waals surface area contributed by atoms with E-state index in [4.69, 9.17) is 0 Å². The molecule has 0 fully saturated rings. The first-order valence-corrected chi connectivity index (χ1v) is 6.63. The van der Waals surface area contributed by atoms with E-state index in [1.807, 2.05) is 48.1 Å². The first kappa shape index (κ1) is 11.5. The summed E-state index contributed by atoms with van der Waals surface area (Å²) in [6, 6.07) is 9.98. The maximum absolute atomic E-state index is 10.2. The highest BCUT2D eigenvalue weighted by Crippen LogP contribution is 2.21. The third-order valence-electron chi connectivity index (χ3n) is 2.80. The molecule has 4 heteroatoms. The van der Waals surface area contributed by atoms with Gasteiger partial charge in [-0.1, -0.05) is 25.1 Å². The van der Waals surface area contributed by atoms with Gasteiger partial charge < -0.3 is 5.11 Å². The van der Waals surface area contributed by atoms with Gasteiger partial charge in [-0.3, -0.25) is 5.32 Å². The maximum atomic E-state index is 10.2. The van der Waals surface area contributed by atoms with Crippen molar-refractivity contribution >= 4 is 22.6 Å². The molecule has 1 heterocycles. The first-order valence-electron chi connectivity index (χ1n) is 5.41. The van der Waals surface area contributed by atoms with Crippen LogP contribution in [0.15, 0.2) is 30.3 Å². The predicted molar refractivity (Wildman–Crippen MR) is 68.1 cm³/mol. The smallest absolute Gasteiger partial charge is 0.313 e. The highest BCUT2D eigenvalue weighted by atomic mass is 32.2. The summed E-state index contributed by atoms with van der Waals surface area (Å²) in [7, 11) is 0. The fraction of sp³-hybridized carbons (Fsp3) is 0.417. The van der Waals surface area contributed by atoms with Gasteiger partial charge in [-0.05, 0) is 30.2 Å². The second kappa shape index (κ2) is 4.89. The lowest BCUT2D eigenvalue weighted by atomic mass is 10.1. The van der Waals surface area contributed by atoms with Crippen LogP contribution in [0.1, 0.15) is 6.92 Å². The Morgan fingerprint density at radius 2 is 2.06 bits per heavy atom. The van der Waals surface area contributed by atoms with Crippen molar-refractivity contribution in [3.63, 3.8) is 0 Å². The van der Waals surface area contributed by atoms with Crippen molar-refractivity contribution in [2.75, 3.05) is 12.8 Å². The number of nitrogens with one attached hydrogen (secondary N) is 1. The molecule has 1 aromatic rings. The molecule has 0 aromatic heterocycles. The molecule has 0 saturated carbocycles. The summed E-state index contributed by atoms with van der Waals surface area (Å²) < 4.78 is 1.96. The van der Waals surface area contributed by atoms with Gasteiger partial charge in [-0.25, -0.2) is 0 Å². The summed E-state index contributed by atoms with van der Waals surface area (Å²) in [6.45, 7) is 2.87. The molecule has 0 radical (unpaired) electrons. The zero-order chi connectivity index (χ0) is 11.5. The van der Waals surface area contributed by atoms with Crippen LogP contribution >= 0.6 is 11.8 Å². The van der Waals surface area contributed by atoms with E-state index in [-0.39, 0.29) is 5.92 Å². The van der Waals surface area contributed by atoms with Crippen molar-refractivity contribution < 1.29 is 9.68 Å². The second-order valence-electron chi connectivity index (χ2n) is 3.99. The lowest BCUT2D eigenvalue weighted by Gasteiger charge is -2.26. The van der Waals surface area contributed by atoms with Crippen LogP contribution in [0.2, 0.25) is 0 Å². The quantitative estimate of drug-likeness (QED) is 0.728. The second-order valence-corrected chi connectivity index (χ2v) is 4.78. The number of para-hydroxylation sites is 1. The summed E-state index contributed by atoms with van der Waals surface area (Å²) in [5.41, 5.74) is 1.03. The molecule has 2 rings (SSSR count). The number of thioether (sulfide) groups is 1. The van der Waals surface area contributed by atoms with Gasteiger partial charge in [0.15, 0.2) is 0 Å². The zero-order valence-corrected chi connectivity index (χ0v) is 10.4. The molecule has 1 aliphatic heterocycles. The van der Waals surface area contributed by atoms with E-state index in [1.54, 1.807) is 11.8 Å². The summed E-state index contributed by atoms with van der Waals surface area (Å²) >= 11 is 1.63. The highest BCUT2D eigenvalue weighted by molar-refractivity contribution is 8.13. The number of amidine groups is 1. The van der Waals surface area contributed by atoms with E-state index in [0.29, 0.717) is 0 Å². The van der Waals surface area contributed by atoms with Crippen molar-refractivity contribution in [3.8, 4) is 0 Å². The zero-order valence-electron chi connectivity index (χ0n) is 9.55. The van der Waals surface area contributed by atoms with Gasteiger partial charge in [-0.2, -0.15) is 4.58 Å². The van der Waals surface area contributed by atoms with Crippen LogP contribution in [0.3, 0.4) is 0 Å². The molecule has 1 aromatic carbocycles. The lowest BCUT2D eigenvalue weighted by molar-refractivity contribution is -0.551. The summed E-state index contributed by atoms with van der Waals surface area (Å²) in [5, 5.41) is 14.6. The third kappa shape index (κ3) is 2.08. The topological polar surface area (TPSA) is 35.3 Å². The van der Waals surface area contributed by atoms with Gasteiger partial charge in [-0.15, -0.1) is 0 Å². The Hall–Kier alpha value is -1.00. The number of aliphatic hydroxyl groups is 1. The van der Waals surface area contributed by atoms with Gasteiger partial charge in [0.1, 0.15) is 5.69 Å². The maximum Gasteiger partial charge on any atom is 0.313 e. The predicted octanol–water partition coefficient (Wildman–Crippen LogP) is 1.61. The van der Waals surface area contributed by atoms with E-state index >= 15 is 0 Å². The van der Waals surface area contributed by atoms with Gasteiger partial charge in [0.25, 0.3) is 0 Å². The van der Waals surface area contributed by atoms with Crippen LogP contribution in [0.5, 0.6) is 0 Å². The van der Waals surface area contributed by atoms with Crippen molar-refractivity contribution in [2.45, 2.75) is 13.2 Å². The molecule has 0 amide bonds. The summed E-state index contributed by atoms with van der Waals surface area (Å²) in [6.07, 6.45) is 1.56. The van der Waals surface area contributed by atoms with Crippen molar-refractivity contribution in [1.82, 2.24) is 5.32 Å². The molecular formula is C12H17N2OS+. The fourth-order valence-electron chi connectivity index (χ4n) is 1.84. The van der Waals surface area contributed by atoms with Crippen LogP contribution in [-0.4, -0.2) is 33.9 Å². The molecule has 0 bridgehead atoms. The molecule has 2 N–H and O–H groups in total. The monoisotopic (exact) mass is 237 g/mol. The normalized spacial score (nSPS) is 25.4. The SMILES string of the molecule is CSC1=[N+](c2ccccc2)[C@H](O)[C@@H](C)CN1. The van der Waals surface area contributed by atoms with E-state index in [9.17, 15) is 5.11 Å². The minimum atomic E-state index is -0.453. The molecule has 16 heavy (non-hydrogen) atoms. The van der Waals surface area contributed by atoms with Crippen molar-refractivity contribution in [1.29, 1.82) is 0 Å². The minimum Gasteiger partial charge on any atom is -0.355 e. The standard InChI is InChI=1S/C12H16N2OS/c1-9-8-13-12(16-2)14(11(9)15)10-6-4-3-5-7-10/h3-7,9,11,15H,8H2,1-2H3/p+1/t9-,11+/m0/s1. The first-order chi connectivity index (χ1) is 7.74. The molecule has 86 valence electrons. The van der Waals surface area contributed by atoms with E-state index < -0.39 is 6.23 Å². The van der Waals surface area contributed by atoms with Crippen molar-refractivity contribution in [2.24, 2.45) is 5.92 Å². The molecule has 0 aliphatic carbocycles. The molecule has 0 spiro atoms. The molecular weight excluding hydrogens is 220 g/mol. The highest BCUT2D eigenvalue weighted by Gasteiger charge is 2.32. The van der Waals surface area contributed by atoms with Gasteiger partial charge >= 0.3 is 5.17 Å². The fourth-order valence-corrected chi connectivity index (χ4v) is 2.48. The van der Waals surface area contributed by atoms with E-state index in [2.05, 4.69) is 5.32 Å². The Labute approximate surface area is 100 Å². The minimum absolute atomic E-state index is 0.219. The lowest BCUT2D eigenvalue weighted by Crippen LogP contribution is -2.47. The van der Waals surface area contributed by atoms with E-state index in [1.165, 1.54) is 0 Å². The Bertz CT molecular complexity index is 391. The van der Waals surface area contributed by atoms with Gasteiger partial charge in [0.05, 0.1) is 12.5 Å². The number of hydrogen-bond acceptors (Lipinski definition) is 3. The molecule has 1 aliphatic rings. The molecule has 0 saturated heterocycles. The average Bonchev–Trinajstić information content (AvgIpc) is 2.33. The number of benzene rings is 1. The number of aliphatic hydroxyl groups excluding tert-OH is 1. The molecule has 2 atom stereocenters. The molecule has 0 unspecified atom stereocenters. The third-order valence-corrected chi connectivity index (χ3v) is 3.52. The van der Waals surface area contributed by atoms with Crippen molar-refractivity contribution in [3.05, 3.63) is 30.3 Å².